The highest BCUT2D eigenvalue weighted by Crippen LogP contribution is 2.16. The fourth-order valence-electron chi connectivity index (χ4n) is 2.76. The molecule has 1 aliphatic heterocycles. The minimum atomic E-state index is -0.0529. The molecule has 0 bridgehead atoms. The minimum absolute atomic E-state index is 0.0529. The molecule has 1 aromatic carbocycles. The van der Waals surface area contributed by atoms with Gasteiger partial charge in [0.25, 0.3) is 5.91 Å². The summed E-state index contributed by atoms with van der Waals surface area (Å²) in [6.45, 7) is 4.10. The van der Waals surface area contributed by atoms with E-state index in [1.54, 1.807) is 0 Å². The van der Waals surface area contributed by atoms with Crippen LogP contribution in [0.25, 0.3) is 11.0 Å². The predicted octanol–water partition coefficient (Wildman–Crippen LogP) is 2.59. The highest BCUT2D eigenvalue weighted by atomic mass is 16.5. The number of carbonyl (C=O) groups is 1. The first kappa shape index (κ1) is 14.1. The summed E-state index contributed by atoms with van der Waals surface area (Å²) in [5.41, 5.74) is 1.72. The number of H-pyrrole nitrogens is 1. The molecule has 5 nitrogen and oxygen atoms in total. The summed E-state index contributed by atoms with van der Waals surface area (Å²) < 4.78 is 5.73. The molecule has 1 N–H and O–H groups in total. The Morgan fingerprint density at radius 3 is 3.00 bits per heavy atom. The first-order chi connectivity index (χ1) is 10.3. The van der Waals surface area contributed by atoms with Crippen molar-refractivity contribution in [2.24, 2.45) is 0 Å². The van der Waals surface area contributed by atoms with Crippen LogP contribution in [0.3, 0.4) is 0 Å². The highest BCUT2D eigenvalue weighted by molar-refractivity contribution is 5.94. The lowest BCUT2D eigenvalue weighted by Gasteiger charge is -2.28. The van der Waals surface area contributed by atoms with Crippen LogP contribution in [-0.4, -0.2) is 46.6 Å². The van der Waals surface area contributed by atoms with Crippen molar-refractivity contribution < 1.29 is 9.53 Å². The number of hydrogen-bond acceptors (Lipinski definition) is 3. The first-order valence-electron chi connectivity index (χ1n) is 7.63. The summed E-state index contributed by atoms with van der Waals surface area (Å²) in [7, 11) is 0. The van der Waals surface area contributed by atoms with Gasteiger partial charge in [-0.15, -0.1) is 0 Å². The van der Waals surface area contributed by atoms with Crippen LogP contribution in [-0.2, 0) is 4.74 Å². The molecule has 0 spiro atoms. The Kier molecular flexibility index (Phi) is 4.20. The van der Waals surface area contributed by atoms with Crippen LogP contribution in [0.2, 0.25) is 0 Å². The second kappa shape index (κ2) is 6.26. The highest BCUT2D eigenvalue weighted by Gasteiger charge is 2.23. The molecule has 1 atom stereocenters. The summed E-state index contributed by atoms with van der Waals surface area (Å²) in [5.74, 6) is 0.358. The van der Waals surface area contributed by atoms with Gasteiger partial charge in [0, 0.05) is 19.7 Å². The number of fused-ring (bicyclic) bond motifs is 1. The Morgan fingerprint density at radius 2 is 2.29 bits per heavy atom. The quantitative estimate of drug-likeness (QED) is 0.940. The SMILES string of the molecule is CCN(C[C@H]1CCCCO1)C(=O)c1nc2ccccc2[nH]1. The predicted molar refractivity (Wildman–Crippen MR) is 81.3 cm³/mol. The fraction of sp³-hybridized carbons (Fsp3) is 0.500. The van der Waals surface area contributed by atoms with Crippen LogP contribution in [0.5, 0.6) is 0 Å². The number of ether oxygens (including phenoxy) is 1. The lowest BCUT2D eigenvalue weighted by molar-refractivity contribution is -0.00332. The first-order valence-corrected chi connectivity index (χ1v) is 7.63. The number of likely N-dealkylation sites (N-methyl/N-ethyl adjacent to an activating group) is 1. The van der Waals surface area contributed by atoms with Gasteiger partial charge in [0.15, 0.2) is 5.82 Å². The molecule has 0 aliphatic carbocycles. The van der Waals surface area contributed by atoms with Crippen molar-refractivity contribution in [1.29, 1.82) is 0 Å². The van der Waals surface area contributed by atoms with Gasteiger partial charge in [0.2, 0.25) is 0 Å². The molecular weight excluding hydrogens is 266 g/mol. The minimum Gasteiger partial charge on any atom is -0.376 e. The Hall–Kier alpha value is -1.88. The Bertz CT molecular complexity index is 584. The molecule has 0 radical (unpaired) electrons. The van der Waals surface area contributed by atoms with Crippen LogP contribution in [0.4, 0.5) is 0 Å². The molecular formula is C16H21N3O2. The van der Waals surface area contributed by atoms with Crippen molar-refractivity contribution in [3.8, 4) is 0 Å². The molecule has 0 saturated carbocycles. The van der Waals surface area contributed by atoms with Crippen molar-refractivity contribution in [2.45, 2.75) is 32.3 Å². The number of aromatic amines is 1. The topological polar surface area (TPSA) is 58.2 Å². The summed E-state index contributed by atoms with van der Waals surface area (Å²) in [4.78, 5) is 21.9. The summed E-state index contributed by atoms with van der Waals surface area (Å²) in [6.07, 6.45) is 3.50. The van der Waals surface area contributed by atoms with Crippen LogP contribution in [0.1, 0.15) is 36.8 Å². The van der Waals surface area contributed by atoms with Crippen LogP contribution >= 0.6 is 0 Å². The molecule has 5 heteroatoms. The monoisotopic (exact) mass is 287 g/mol. The Labute approximate surface area is 124 Å². The summed E-state index contributed by atoms with van der Waals surface area (Å²) in [6, 6.07) is 7.69. The third-order valence-electron chi connectivity index (χ3n) is 3.96. The number of aromatic nitrogens is 2. The molecule has 1 fully saturated rings. The third-order valence-corrected chi connectivity index (χ3v) is 3.96. The van der Waals surface area contributed by atoms with Gasteiger partial charge in [-0.25, -0.2) is 4.98 Å². The van der Waals surface area contributed by atoms with Crippen molar-refractivity contribution in [1.82, 2.24) is 14.9 Å². The van der Waals surface area contributed by atoms with Gasteiger partial charge >= 0.3 is 0 Å². The van der Waals surface area contributed by atoms with Gasteiger partial charge in [0.1, 0.15) is 0 Å². The zero-order valence-corrected chi connectivity index (χ0v) is 12.3. The maximum absolute atomic E-state index is 12.6. The van der Waals surface area contributed by atoms with Gasteiger partial charge in [-0.05, 0) is 38.3 Å². The normalized spacial score (nSPS) is 18.8. The van der Waals surface area contributed by atoms with E-state index in [0.29, 0.717) is 18.9 Å². The largest absolute Gasteiger partial charge is 0.376 e. The fourth-order valence-corrected chi connectivity index (χ4v) is 2.76. The molecule has 1 aliphatic rings. The molecule has 1 aromatic heterocycles. The van der Waals surface area contributed by atoms with Gasteiger partial charge in [-0.2, -0.15) is 0 Å². The number of benzene rings is 1. The lowest BCUT2D eigenvalue weighted by atomic mass is 10.1. The van der Waals surface area contributed by atoms with E-state index in [1.807, 2.05) is 36.1 Å². The molecule has 2 aromatic rings. The van der Waals surface area contributed by atoms with Crippen molar-refractivity contribution in [2.75, 3.05) is 19.7 Å². The van der Waals surface area contributed by atoms with E-state index in [2.05, 4.69) is 9.97 Å². The van der Waals surface area contributed by atoms with E-state index in [-0.39, 0.29) is 12.0 Å². The van der Waals surface area contributed by atoms with E-state index in [1.165, 1.54) is 6.42 Å². The number of hydrogen-bond donors (Lipinski definition) is 1. The van der Waals surface area contributed by atoms with Gasteiger partial charge in [-0.3, -0.25) is 4.79 Å². The van der Waals surface area contributed by atoms with E-state index >= 15 is 0 Å². The summed E-state index contributed by atoms with van der Waals surface area (Å²) in [5, 5.41) is 0. The van der Waals surface area contributed by atoms with E-state index in [0.717, 1.165) is 30.5 Å². The Morgan fingerprint density at radius 1 is 1.43 bits per heavy atom. The number of para-hydroxylation sites is 2. The zero-order valence-electron chi connectivity index (χ0n) is 12.3. The number of imidazole rings is 1. The van der Waals surface area contributed by atoms with Crippen molar-refractivity contribution >= 4 is 16.9 Å². The van der Waals surface area contributed by atoms with Crippen molar-refractivity contribution in [3.63, 3.8) is 0 Å². The average molecular weight is 287 g/mol. The van der Waals surface area contributed by atoms with Crippen molar-refractivity contribution in [3.05, 3.63) is 30.1 Å². The smallest absolute Gasteiger partial charge is 0.289 e. The Balaban J connectivity index is 1.74. The van der Waals surface area contributed by atoms with Crippen LogP contribution in [0, 0.1) is 0 Å². The standard InChI is InChI=1S/C16H21N3O2/c1-2-19(11-12-7-5-6-10-21-12)16(20)15-17-13-8-3-4-9-14(13)18-15/h3-4,8-9,12H,2,5-7,10-11H2,1H3,(H,17,18)/t12-/m1/s1. The number of nitrogens with one attached hydrogen (secondary N) is 1. The van der Waals surface area contributed by atoms with Gasteiger partial charge < -0.3 is 14.6 Å². The molecule has 112 valence electrons. The number of nitrogens with zero attached hydrogens (tertiary/aromatic N) is 2. The maximum Gasteiger partial charge on any atom is 0.289 e. The van der Waals surface area contributed by atoms with E-state index in [4.69, 9.17) is 4.74 Å². The summed E-state index contributed by atoms with van der Waals surface area (Å²) >= 11 is 0. The molecule has 0 unspecified atom stereocenters. The molecule has 1 saturated heterocycles. The third kappa shape index (κ3) is 3.08. The second-order valence-corrected chi connectivity index (χ2v) is 5.43. The van der Waals surface area contributed by atoms with E-state index in [9.17, 15) is 4.79 Å². The molecule has 1 amide bonds. The lowest BCUT2D eigenvalue weighted by Crippen LogP contribution is -2.40. The van der Waals surface area contributed by atoms with Gasteiger partial charge in [0.05, 0.1) is 17.1 Å². The molecule has 3 rings (SSSR count). The average Bonchev–Trinajstić information content (AvgIpc) is 2.97. The second-order valence-electron chi connectivity index (χ2n) is 5.43. The van der Waals surface area contributed by atoms with Gasteiger partial charge in [-0.1, -0.05) is 12.1 Å². The zero-order chi connectivity index (χ0) is 14.7. The molecule has 2 heterocycles. The van der Waals surface area contributed by atoms with Crippen LogP contribution in [0.15, 0.2) is 24.3 Å². The van der Waals surface area contributed by atoms with Crippen LogP contribution < -0.4 is 0 Å². The number of carbonyl (C=O) groups excluding carboxylic acids is 1. The maximum atomic E-state index is 12.6. The van der Waals surface area contributed by atoms with E-state index < -0.39 is 0 Å². The number of rotatable bonds is 4. The number of amides is 1. The molecule has 21 heavy (non-hydrogen) atoms.